The number of nitrogens with zero attached hydrogens (tertiary/aromatic N) is 2. The molecule has 0 saturated carbocycles. The predicted octanol–water partition coefficient (Wildman–Crippen LogP) is 3.67. The minimum Gasteiger partial charge on any atom is -0.368 e. The molecule has 3 nitrogen and oxygen atoms in total. The second kappa shape index (κ2) is 7.30. The largest absolute Gasteiger partial charge is 0.368 e. The van der Waals surface area contributed by atoms with Crippen molar-refractivity contribution in [3.8, 4) is 0 Å². The number of aryl methyl sites for hydroxylation is 1. The third kappa shape index (κ3) is 3.42. The van der Waals surface area contributed by atoms with Crippen LogP contribution in [0.3, 0.4) is 0 Å². The SMILES string of the molecule is CCCc1cc(N2CCNCC2)c2cccc(Cl)c2n1.Cl. The summed E-state index contributed by atoms with van der Waals surface area (Å²) in [5, 5.41) is 5.31. The molecule has 1 fully saturated rings. The molecule has 1 N–H and O–H groups in total. The van der Waals surface area contributed by atoms with E-state index in [0.29, 0.717) is 0 Å². The fraction of sp³-hybridized carbons (Fsp3) is 0.438. The van der Waals surface area contributed by atoms with E-state index in [-0.39, 0.29) is 12.4 Å². The second-order valence-electron chi connectivity index (χ2n) is 5.26. The molecule has 0 atom stereocenters. The van der Waals surface area contributed by atoms with Crippen molar-refractivity contribution in [1.29, 1.82) is 0 Å². The van der Waals surface area contributed by atoms with E-state index in [2.05, 4.69) is 29.3 Å². The van der Waals surface area contributed by atoms with Crippen LogP contribution in [0.15, 0.2) is 24.3 Å². The molecule has 3 rings (SSSR count). The smallest absolute Gasteiger partial charge is 0.0912 e. The van der Waals surface area contributed by atoms with Crippen molar-refractivity contribution in [2.45, 2.75) is 19.8 Å². The summed E-state index contributed by atoms with van der Waals surface area (Å²) in [7, 11) is 0. The number of pyridine rings is 1. The molecule has 1 aliphatic heterocycles. The summed E-state index contributed by atoms with van der Waals surface area (Å²) in [5.41, 5.74) is 3.36. The average Bonchev–Trinajstić information content (AvgIpc) is 2.49. The molecule has 114 valence electrons. The van der Waals surface area contributed by atoms with Gasteiger partial charge in [-0.1, -0.05) is 37.1 Å². The molecule has 1 saturated heterocycles. The molecule has 1 aliphatic rings. The molecular formula is C16H21Cl2N3. The Labute approximate surface area is 137 Å². The molecule has 0 amide bonds. The fourth-order valence-electron chi connectivity index (χ4n) is 2.80. The normalized spacial score (nSPS) is 15.0. The summed E-state index contributed by atoms with van der Waals surface area (Å²) in [5.74, 6) is 0. The molecule has 0 radical (unpaired) electrons. The number of benzene rings is 1. The zero-order chi connectivity index (χ0) is 13.9. The van der Waals surface area contributed by atoms with Gasteiger partial charge in [0.1, 0.15) is 0 Å². The molecule has 1 aromatic heterocycles. The summed E-state index contributed by atoms with van der Waals surface area (Å²) < 4.78 is 0. The second-order valence-corrected chi connectivity index (χ2v) is 5.66. The van der Waals surface area contributed by atoms with Crippen LogP contribution in [0.4, 0.5) is 5.69 Å². The Morgan fingerprint density at radius 2 is 2.05 bits per heavy atom. The Balaban J connectivity index is 0.00000161. The highest BCUT2D eigenvalue weighted by Gasteiger charge is 2.16. The predicted molar refractivity (Wildman–Crippen MR) is 93.1 cm³/mol. The molecule has 0 bridgehead atoms. The maximum Gasteiger partial charge on any atom is 0.0912 e. The Morgan fingerprint density at radius 1 is 1.29 bits per heavy atom. The zero-order valence-electron chi connectivity index (χ0n) is 12.2. The van der Waals surface area contributed by atoms with E-state index >= 15 is 0 Å². The van der Waals surface area contributed by atoms with Crippen LogP contribution in [0.25, 0.3) is 10.9 Å². The van der Waals surface area contributed by atoms with E-state index in [0.717, 1.165) is 55.3 Å². The van der Waals surface area contributed by atoms with Gasteiger partial charge in [0.2, 0.25) is 0 Å². The third-order valence-corrected chi connectivity index (χ3v) is 4.09. The number of aromatic nitrogens is 1. The van der Waals surface area contributed by atoms with Crippen molar-refractivity contribution >= 4 is 40.6 Å². The topological polar surface area (TPSA) is 28.2 Å². The Kier molecular flexibility index (Phi) is 5.68. The van der Waals surface area contributed by atoms with Gasteiger partial charge in [0.15, 0.2) is 0 Å². The lowest BCUT2D eigenvalue weighted by atomic mass is 10.1. The third-order valence-electron chi connectivity index (χ3n) is 3.79. The standard InChI is InChI=1S/C16H20ClN3.ClH/c1-2-4-12-11-15(20-9-7-18-8-10-20)13-5-3-6-14(17)16(13)19-12;/h3,5-6,11,18H,2,4,7-10H2,1H3;1H. The molecule has 21 heavy (non-hydrogen) atoms. The lowest BCUT2D eigenvalue weighted by Gasteiger charge is -2.30. The van der Waals surface area contributed by atoms with Gasteiger partial charge in [-0.3, -0.25) is 4.98 Å². The quantitative estimate of drug-likeness (QED) is 0.933. The van der Waals surface area contributed by atoms with Crippen LogP contribution >= 0.6 is 24.0 Å². The van der Waals surface area contributed by atoms with Gasteiger partial charge in [-0.25, -0.2) is 0 Å². The van der Waals surface area contributed by atoms with Crippen LogP contribution in [-0.4, -0.2) is 31.2 Å². The monoisotopic (exact) mass is 325 g/mol. The van der Waals surface area contributed by atoms with Gasteiger partial charge >= 0.3 is 0 Å². The lowest BCUT2D eigenvalue weighted by Crippen LogP contribution is -2.43. The van der Waals surface area contributed by atoms with Crippen molar-refractivity contribution in [2.24, 2.45) is 0 Å². The highest BCUT2D eigenvalue weighted by atomic mass is 35.5. The lowest BCUT2D eigenvalue weighted by molar-refractivity contribution is 0.590. The van der Waals surface area contributed by atoms with Crippen LogP contribution in [0.1, 0.15) is 19.0 Å². The van der Waals surface area contributed by atoms with E-state index in [9.17, 15) is 0 Å². The number of anilines is 1. The molecule has 0 spiro atoms. The molecule has 5 heteroatoms. The van der Waals surface area contributed by atoms with Crippen LogP contribution in [-0.2, 0) is 6.42 Å². The molecule has 0 unspecified atom stereocenters. The number of rotatable bonds is 3. The van der Waals surface area contributed by atoms with Gasteiger partial charge in [0, 0.05) is 42.9 Å². The number of para-hydroxylation sites is 1. The molecule has 0 aliphatic carbocycles. The highest BCUT2D eigenvalue weighted by molar-refractivity contribution is 6.35. The van der Waals surface area contributed by atoms with Crippen LogP contribution in [0, 0.1) is 0 Å². The summed E-state index contributed by atoms with van der Waals surface area (Å²) in [4.78, 5) is 7.19. The van der Waals surface area contributed by atoms with Crippen molar-refractivity contribution < 1.29 is 0 Å². The maximum atomic E-state index is 6.35. The Bertz CT molecular complexity index is 610. The summed E-state index contributed by atoms with van der Waals surface area (Å²) in [6.07, 6.45) is 2.10. The summed E-state index contributed by atoms with van der Waals surface area (Å²) in [6.45, 7) is 6.33. The van der Waals surface area contributed by atoms with Crippen LogP contribution < -0.4 is 10.2 Å². The van der Waals surface area contributed by atoms with E-state index in [1.165, 1.54) is 11.1 Å². The minimum atomic E-state index is 0. The first-order chi connectivity index (χ1) is 9.79. The number of nitrogens with one attached hydrogen (secondary N) is 1. The number of fused-ring (bicyclic) bond motifs is 1. The first kappa shape index (κ1) is 16.3. The Hall–Kier alpha value is -1.03. The Morgan fingerprint density at radius 3 is 2.76 bits per heavy atom. The van der Waals surface area contributed by atoms with Gasteiger partial charge in [0.25, 0.3) is 0 Å². The first-order valence-corrected chi connectivity index (χ1v) is 7.71. The molecule has 1 aromatic carbocycles. The van der Waals surface area contributed by atoms with E-state index in [1.54, 1.807) is 0 Å². The average molecular weight is 326 g/mol. The van der Waals surface area contributed by atoms with Crippen molar-refractivity contribution in [1.82, 2.24) is 10.3 Å². The van der Waals surface area contributed by atoms with Crippen LogP contribution in [0.2, 0.25) is 5.02 Å². The van der Waals surface area contributed by atoms with Crippen LogP contribution in [0.5, 0.6) is 0 Å². The van der Waals surface area contributed by atoms with E-state index < -0.39 is 0 Å². The van der Waals surface area contributed by atoms with Gasteiger partial charge in [-0.05, 0) is 18.6 Å². The van der Waals surface area contributed by atoms with Crippen molar-refractivity contribution in [3.05, 3.63) is 35.0 Å². The fourth-order valence-corrected chi connectivity index (χ4v) is 3.02. The summed E-state index contributed by atoms with van der Waals surface area (Å²) >= 11 is 6.35. The van der Waals surface area contributed by atoms with Crippen molar-refractivity contribution in [3.63, 3.8) is 0 Å². The zero-order valence-corrected chi connectivity index (χ0v) is 13.8. The van der Waals surface area contributed by atoms with Gasteiger partial charge in [-0.15, -0.1) is 12.4 Å². The number of piperazine rings is 1. The van der Waals surface area contributed by atoms with Crippen molar-refractivity contribution in [2.75, 3.05) is 31.1 Å². The maximum absolute atomic E-state index is 6.35. The van der Waals surface area contributed by atoms with Gasteiger partial charge in [0.05, 0.1) is 10.5 Å². The number of halogens is 2. The molecule has 2 aromatic rings. The summed E-state index contributed by atoms with van der Waals surface area (Å²) in [6, 6.07) is 8.31. The van der Waals surface area contributed by atoms with Gasteiger partial charge < -0.3 is 10.2 Å². The molecule has 2 heterocycles. The highest BCUT2D eigenvalue weighted by Crippen LogP contribution is 2.31. The van der Waals surface area contributed by atoms with E-state index in [1.807, 2.05) is 12.1 Å². The molecular weight excluding hydrogens is 305 g/mol. The number of hydrogen-bond donors (Lipinski definition) is 1. The number of hydrogen-bond acceptors (Lipinski definition) is 3. The first-order valence-electron chi connectivity index (χ1n) is 7.33. The van der Waals surface area contributed by atoms with E-state index in [4.69, 9.17) is 16.6 Å². The minimum absolute atomic E-state index is 0. The van der Waals surface area contributed by atoms with Gasteiger partial charge in [-0.2, -0.15) is 0 Å².